The van der Waals surface area contributed by atoms with Gasteiger partial charge in [-0.15, -0.1) is 22.7 Å². The van der Waals surface area contributed by atoms with Crippen molar-refractivity contribution in [2.45, 2.75) is 78.6 Å². The lowest BCUT2D eigenvalue weighted by Crippen LogP contribution is -2.51. The van der Waals surface area contributed by atoms with Crippen molar-refractivity contribution in [2.75, 3.05) is 27.3 Å². The molecule has 4 aromatic heterocycles. The lowest BCUT2D eigenvalue weighted by atomic mass is 10.0. The monoisotopic (exact) mass is 853 g/mol. The number of amides is 4. The SMILES string of the molecule is COC(=O)N[C@H](C(=O)N1C[C@@H](C)C[C@H]1c1nc2ccc(-c3cc4sc(-c5ccc6nc([C@@H]7C[C@H](C)CN7C(=O)[C@@H](NC(=O)OC)C(C)C)oc6c5)cc4s3)cc2[nH]1)C(C)C. The number of aromatic nitrogens is 3. The van der Waals surface area contributed by atoms with Crippen molar-refractivity contribution in [1.82, 2.24) is 35.4 Å². The van der Waals surface area contributed by atoms with E-state index in [1.54, 1.807) is 27.6 Å². The van der Waals surface area contributed by atoms with Crippen LogP contribution < -0.4 is 10.6 Å². The number of fused-ring (bicyclic) bond motifs is 3. The van der Waals surface area contributed by atoms with Crippen LogP contribution in [0, 0.1) is 23.7 Å². The van der Waals surface area contributed by atoms with Crippen LogP contribution in [0.5, 0.6) is 0 Å². The Kier molecular flexibility index (Phi) is 11.4. The second-order valence-electron chi connectivity index (χ2n) is 16.9. The number of nitrogens with zero attached hydrogens (tertiary/aromatic N) is 4. The van der Waals surface area contributed by atoms with Gasteiger partial charge in [-0.25, -0.2) is 19.6 Å². The second kappa shape index (κ2) is 16.5. The highest BCUT2D eigenvalue weighted by Gasteiger charge is 2.42. The van der Waals surface area contributed by atoms with Crippen molar-refractivity contribution in [3.05, 3.63) is 60.2 Å². The van der Waals surface area contributed by atoms with Gasteiger partial charge in [0.05, 0.1) is 31.3 Å². The zero-order chi connectivity index (χ0) is 42.6. The summed E-state index contributed by atoms with van der Waals surface area (Å²) in [5, 5.41) is 5.44. The van der Waals surface area contributed by atoms with E-state index in [-0.39, 0.29) is 47.6 Å². The first-order valence-electron chi connectivity index (χ1n) is 20.4. The van der Waals surface area contributed by atoms with Gasteiger partial charge in [-0.05, 0) is 84.0 Å². The maximum absolute atomic E-state index is 13.8. The van der Waals surface area contributed by atoms with Gasteiger partial charge in [0.25, 0.3) is 0 Å². The molecule has 16 heteroatoms. The molecule has 6 atom stereocenters. The highest BCUT2D eigenvalue weighted by Crippen LogP contribution is 2.44. The van der Waals surface area contributed by atoms with Gasteiger partial charge in [0.1, 0.15) is 29.5 Å². The van der Waals surface area contributed by atoms with E-state index >= 15 is 0 Å². The Morgan fingerprint density at radius 3 is 1.80 bits per heavy atom. The molecule has 6 aromatic rings. The van der Waals surface area contributed by atoms with Crippen LogP contribution in [0.2, 0.25) is 0 Å². The first kappa shape index (κ1) is 41.3. The summed E-state index contributed by atoms with van der Waals surface area (Å²) in [7, 11) is 2.58. The van der Waals surface area contributed by atoms with Gasteiger partial charge in [0.15, 0.2) is 5.58 Å². The van der Waals surface area contributed by atoms with Gasteiger partial charge >= 0.3 is 12.2 Å². The fourth-order valence-electron chi connectivity index (χ4n) is 8.53. The zero-order valence-electron chi connectivity index (χ0n) is 35.0. The summed E-state index contributed by atoms with van der Waals surface area (Å²) < 4.78 is 18.3. The zero-order valence-corrected chi connectivity index (χ0v) is 36.7. The van der Waals surface area contributed by atoms with E-state index in [9.17, 15) is 19.2 Å². The second-order valence-corrected chi connectivity index (χ2v) is 19.1. The molecule has 0 unspecified atom stereocenters. The number of nitrogens with one attached hydrogen (secondary N) is 3. The predicted molar refractivity (Wildman–Crippen MR) is 233 cm³/mol. The number of aromatic amines is 1. The number of carbonyl (C=O) groups is 4. The topological polar surface area (TPSA) is 172 Å². The Morgan fingerprint density at radius 2 is 1.25 bits per heavy atom. The van der Waals surface area contributed by atoms with E-state index in [2.05, 4.69) is 59.8 Å². The average molecular weight is 854 g/mol. The van der Waals surface area contributed by atoms with Gasteiger partial charge in [0, 0.05) is 32.2 Å². The molecule has 316 valence electrons. The quantitative estimate of drug-likeness (QED) is 0.122. The highest BCUT2D eigenvalue weighted by atomic mass is 32.1. The molecule has 0 spiro atoms. The maximum atomic E-state index is 13.8. The number of hydrogen-bond donors (Lipinski definition) is 3. The molecule has 8 rings (SSSR count). The van der Waals surface area contributed by atoms with Gasteiger partial charge in [-0.3, -0.25) is 9.59 Å². The number of hydrogen-bond acceptors (Lipinski definition) is 11. The Morgan fingerprint density at radius 1 is 0.733 bits per heavy atom. The number of alkyl carbamates (subject to hydrolysis) is 2. The van der Waals surface area contributed by atoms with Crippen LogP contribution in [-0.2, 0) is 19.1 Å². The van der Waals surface area contributed by atoms with E-state index in [0.29, 0.717) is 31.0 Å². The third kappa shape index (κ3) is 7.94. The third-order valence-corrected chi connectivity index (χ3v) is 14.0. The predicted octanol–water partition coefficient (Wildman–Crippen LogP) is 8.89. The van der Waals surface area contributed by atoms with Crippen molar-refractivity contribution in [1.29, 1.82) is 0 Å². The summed E-state index contributed by atoms with van der Waals surface area (Å²) in [5.41, 5.74) is 5.21. The minimum absolute atomic E-state index is 0.117. The number of oxazole rings is 1. The summed E-state index contributed by atoms with van der Waals surface area (Å²) in [6, 6.07) is 14.7. The average Bonchev–Trinajstić information content (AvgIpc) is 4.07. The normalized spacial score (nSPS) is 20.4. The Balaban J connectivity index is 1.00. The molecule has 2 fully saturated rings. The van der Waals surface area contributed by atoms with Crippen molar-refractivity contribution in [3.8, 4) is 20.9 Å². The Hall–Kier alpha value is -5.48. The Labute approximate surface area is 356 Å². The molecule has 4 amide bonds. The lowest BCUT2D eigenvalue weighted by molar-refractivity contribution is -0.136. The van der Waals surface area contributed by atoms with Crippen molar-refractivity contribution < 1.29 is 33.1 Å². The largest absolute Gasteiger partial charge is 0.453 e. The van der Waals surface area contributed by atoms with E-state index in [1.165, 1.54) is 23.6 Å². The molecule has 2 aliphatic heterocycles. The lowest BCUT2D eigenvalue weighted by Gasteiger charge is -2.30. The van der Waals surface area contributed by atoms with E-state index in [4.69, 9.17) is 23.9 Å². The highest BCUT2D eigenvalue weighted by molar-refractivity contribution is 7.31. The van der Waals surface area contributed by atoms with Crippen LogP contribution in [0.15, 0.2) is 52.9 Å². The molecule has 6 heterocycles. The van der Waals surface area contributed by atoms with Crippen LogP contribution in [0.3, 0.4) is 0 Å². The minimum Gasteiger partial charge on any atom is -0.453 e. The van der Waals surface area contributed by atoms with E-state index in [1.807, 2.05) is 50.8 Å². The molecule has 60 heavy (non-hydrogen) atoms. The molecule has 2 aliphatic rings. The molecular weight excluding hydrogens is 803 g/mol. The van der Waals surface area contributed by atoms with Crippen LogP contribution in [-0.4, -0.2) is 88.1 Å². The number of methoxy groups -OCH3 is 2. The molecule has 0 aliphatic carbocycles. The molecular formula is C44H51N7O7S2. The standard InChI is InChI=1S/C44H51N7O7S2/c1-21(2)37(48-43(54)56-7)41(52)50-19-23(5)13-30(50)39-45-27-11-9-25(15-29(27)46-39)33-17-35-36(59-33)18-34(60-35)26-10-12-28-32(16-26)58-40(47-28)31-14-24(6)20-51(31)42(53)38(22(3)4)49-44(55)57-8/h9-12,15-18,21-24,30-31,37-38H,13-14,19-20H2,1-8H3,(H,45,46)(H,48,54)(H,49,55)/t23-,24-,30-,31-,37-,38-/m0/s1. The van der Waals surface area contributed by atoms with Crippen LogP contribution in [0.1, 0.15) is 78.2 Å². The molecule has 0 bridgehead atoms. The number of thiophene rings is 2. The fourth-order valence-corrected chi connectivity index (χ4v) is 10.9. The molecule has 0 radical (unpaired) electrons. The van der Waals surface area contributed by atoms with Crippen molar-refractivity contribution in [3.63, 3.8) is 0 Å². The third-order valence-electron chi connectivity index (χ3n) is 11.7. The number of rotatable bonds is 10. The van der Waals surface area contributed by atoms with E-state index < -0.39 is 24.3 Å². The first-order valence-corrected chi connectivity index (χ1v) is 22.1. The number of H-pyrrole nitrogens is 1. The summed E-state index contributed by atoms with van der Waals surface area (Å²) in [4.78, 5) is 70.9. The summed E-state index contributed by atoms with van der Waals surface area (Å²) in [6.07, 6.45) is 0.218. The van der Waals surface area contributed by atoms with Gasteiger partial charge in [-0.1, -0.05) is 53.7 Å². The summed E-state index contributed by atoms with van der Waals surface area (Å²) >= 11 is 3.45. The summed E-state index contributed by atoms with van der Waals surface area (Å²) in [5.74, 6) is 1.19. The minimum atomic E-state index is -0.728. The first-order chi connectivity index (χ1) is 28.7. The van der Waals surface area contributed by atoms with Gasteiger partial charge in [-0.2, -0.15) is 0 Å². The maximum Gasteiger partial charge on any atom is 0.407 e. The number of ether oxygens (including phenoxy) is 2. The van der Waals surface area contributed by atoms with Crippen molar-refractivity contribution >= 4 is 78.2 Å². The smallest absolute Gasteiger partial charge is 0.407 e. The Bertz CT molecular complexity index is 2390. The van der Waals surface area contributed by atoms with Gasteiger partial charge in [0.2, 0.25) is 17.7 Å². The molecule has 3 N–H and O–H groups in total. The molecule has 14 nitrogen and oxygen atoms in total. The van der Waals surface area contributed by atoms with Crippen LogP contribution >= 0.6 is 22.7 Å². The number of imidazole rings is 1. The molecule has 2 aromatic carbocycles. The number of likely N-dealkylation sites (tertiary alicyclic amines) is 2. The number of benzene rings is 2. The van der Waals surface area contributed by atoms with Crippen LogP contribution in [0.4, 0.5) is 9.59 Å². The number of carbonyl (C=O) groups excluding carboxylic acids is 4. The van der Waals surface area contributed by atoms with E-state index in [0.717, 1.165) is 49.7 Å². The molecule has 0 saturated carbocycles. The van der Waals surface area contributed by atoms with Gasteiger partial charge < -0.3 is 39.3 Å². The summed E-state index contributed by atoms with van der Waals surface area (Å²) in [6.45, 7) is 13.0. The van der Waals surface area contributed by atoms with Crippen molar-refractivity contribution in [2.24, 2.45) is 23.7 Å². The van der Waals surface area contributed by atoms with Crippen LogP contribution in [0.25, 0.3) is 52.4 Å². The molecule has 2 saturated heterocycles. The fraction of sp³-hybridized carbons (Fsp3) is 0.455.